The van der Waals surface area contributed by atoms with Gasteiger partial charge in [-0.25, -0.2) is 13.6 Å². The number of hydrogen-bond donors (Lipinski definition) is 0. The zero-order chi connectivity index (χ0) is 18.4. The molecule has 0 aliphatic carbocycles. The minimum atomic E-state index is -0.710. The van der Waals surface area contributed by atoms with Gasteiger partial charge >= 0.3 is 5.97 Å². The van der Waals surface area contributed by atoms with Gasteiger partial charge in [-0.2, -0.15) is 0 Å². The van der Waals surface area contributed by atoms with Crippen molar-refractivity contribution in [3.63, 3.8) is 0 Å². The van der Waals surface area contributed by atoms with E-state index in [-0.39, 0.29) is 30.0 Å². The van der Waals surface area contributed by atoms with E-state index in [0.717, 1.165) is 12.1 Å². The number of ether oxygens (including phenoxy) is 2. The Morgan fingerprint density at radius 2 is 2.00 bits per heavy atom. The highest BCUT2D eigenvalue weighted by atomic mass is 19.1. The molecule has 2 aromatic rings. The van der Waals surface area contributed by atoms with Crippen LogP contribution in [0.3, 0.4) is 0 Å². The fraction of sp³-hybridized carbons (Fsp3) is 0.222. The molecule has 0 aliphatic rings. The average molecular weight is 349 g/mol. The molecule has 2 rings (SSSR count). The predicted molar refractivity (Wildman–Crippen MR) is 87.3 cm³/mol. The number of hydrogen-bond acceptors (Lipinski definition) is 4. The third-order valence-electron chi connectivity index (χ3n) is 3.46. The number of aromatic nitrogens is 1. The van der Waals surface area contributed by atoms with Crippen molar-refractivity contribution in [1.29, 1.82) is 0 Å². The van der Waals surface area contributed by atoms with E-state index >= 15 is 0 Å². The molecule has 0 saturated heterocycles. The van der Waals surface area contributed by atoms with E-state index in [1.165, 1.54) is 36.0 Å². The molecule has 0 spiro atoms. The zero-order valence-corrected chi connectivity index (χ0v) is 13.8. The van der Waals surface area contributed by atoms with Crippen molar-refractivity contribution in [3.05, 3.63) is 75.7 Å². The Morgan fingerprint density at radius 3 is 2.64 bits per heavy atom. The van der Waals surface area contributed by atoms with Gasteiger partial charge in [0.25, 0.3) is 5.56 Å². The van der Waals surface area contributed by atoms with Gasteiger partial charge < -0.3 is 14.0 Å². The van der Waals surface area contributed by atoms with E-state index in [2.05, 4.69) is 4.74 Å². The second kappa shape index (κ2) is 8.23. The molecular formula is C18H17F2NO4. The van der Waals surface area contributed by atoms with E-state index in [1.54, 1.807) is 13.0 Å². The topological polar surface area (TPSA) is 57.5 Å². The summed E-state index contributed by atoms with van der Waals surface area (Å²) in [7, 11) is 1.26. The summed E-state index contributed by atoms with van der Waals surface area (Å²) in [5.41, 5.74) is 0.463. The molecule has 0 atom stereocenters. The quantitative estimate of drug-likeness (QED) is 0.594. The van der Waals surface area contributed by atoms with Crippen LogP contribution in [-0.4, -0.2) is 17.6 Å². The van der Waals surface area contributed by atoms with Crippen molar-refractivity contribution in [2.45, 2.75) is 20.1 Å². The summed E-state index contributed by atoms with van der Waals surface area (Å²) in [4.78, 5) is 23.2. The van der Waals surface area contributed by atoms with Crippen LogP contribution in [0.1, 0.15) is 11.3 Å². The Kier molecular flexibility index (Phi) is 6.05. The monoisotopic (exact) mass is 349 g/mol. The lowest BCUT2D eigenvalue weighted by atomic mass is 10.2. The lowest BCUT2D eigenvalue weighted by molar-refractivity contribution is -0.134. The van der Waals surface area contributed by atoms with Gasteiger partial charge in [-0.3, -0.25) is 4.79 Å². The van der Waals surface area contributed by atoms with Crippen LogP contribution >= 0.6 is 0 Å². The number of aryl methyl sites for hydroxylation is 1. The average Bonchev–Trinajstić information content (AvgIpc) is 2.56. The van der Waals surface area contributed by atoms with Gasteiger partial charge in [-0.05, 0) is 25.1 Å². The number of pyridine rings is 1. The molecule has 7 heteroatoms. The number of nitrogens with zero attached hydrogens (tertiary/aromatic N) is 1. The standard InChI is InChI=1S/C18H17F2NO4/c1-12-8-15(25-11-13-5-6-14(19)9-16(13)20)10-17(22)21(12)7-3-4-18(23)24-2/h3-6,8-10H,7,11H2,1-2H3/b4-3+. The number of esters is 1. The molecular weight excluding hydrogens is 332 g/mol. The fourth-order valence-corrected chi connectivity index (χ4v) is 2.14. The highest BCUT2D eigenvalue weighted by molar-refractivity contribution is 5.81. The smallest absolute Gasteiger partial charge is 0.330 e. The summed E-state index contributed by atoms with van der Waals surface area (Å²) >= 11 is 0. The Morgan fingerprint density at radius 1 is 1.24 bits per heavy atom. The molecule has 1 aromatic heterocycles. The maximum Gasteiger partial charge on any atom is 0.330 e. The molecule has 0 radical (unpaired) electrons. The van der Waals surface area contributed by atoms with Crippen LogP contribution < -0.4 is 10.3 Å². The van der Waals surface area contributed by atoms with Crippen LogP contribution in [0, 0.1) is 18.6 Å². The Bertz CT molecular complexity index is 859. The number of rotatable bonds is 6. The maximum atomic E-state index is 13.6. The first-order valence-corrected chi connectivity index (χ1v) is 7.43. The normalized spacial score (nSPS) is 10.9. The first-order chi connectivity index (χ1) is 11.9. The lowest BCUT2D eigenvalue weighted by Gasteiger charge is -2.11. The molecule has 1 aromatic carbocycles. The van der Waals surface area contributed by atoms with Crippen molar-refractivity contribution in [1.82, 2.24) is 4.57 Å². The van der Waals surface area contributed by atoms with Crippen molar-refractivity contribution in [2.24, 2.45) is 0 Å². The second-order valence-electron chi connectivity index (χ2n) is 5.23. The number of allylic oxidation sites excluding steroid dienone is 1. The van der Waals surface area contributed by atoms with Gasteiger partial charge in [0.2, 0.25) is 0 Å². The van der Waals surface area contributed by atoms with Gasteiger partial charge in [0, 0.05) is 36.0 Å². The molecule has 5 nitrogen and oxygen atoms in total. The summed E-state index contributed by atoms with van der Waals surface area (Å²) in [6, 6.07) is 6.08. The number of benzene rings is 1. The summed E-state index contributed by atoms with van der Waals surface area (Å²) in [6.45, 7) is 1.78. The Labute approximate surface area is 143 Å². The lowest BCUT2D eigenvalue weighted by Crippen LogP contribution is -2.21. The van der Waals surface area contributed by atoms with Crippen LogP contribution in [0.5, 0.6) is 5.75 Å². The molecule has 0 aliphatic heterocycles. The van der Waals surface area contributed by atoms with Crippen LogP contribution in [0.25, 0.3) is 0 Å². The SMILES string of the molecule is COC(=O)/C=C/Cn1c(C)cc(OCc2ccc(F)cc2F)cc1=O. The third kappa shape index (κ3) is 5.00. The third-order valence-corrected chi connectivity index (χ3v) is 3.46. The molecule has 132 valence electrons. The van der Waals surface area contributed by atoms with E-state index in [0.29, 0.717) is 5.69 Å². The Hall–Kier alpha value is -2.96. The van der Waals surface area contributed by atoms with E-state index in [4.69, 9.17) is 4.74 Å². The van der Waals surface area contributed by atoms with Crippen LogP contribution in [0.2, 0.25) is 0 Å². The summed E-state index contributed by atoms with van der Waals surface area (Å²) in [5.74, 6) is -1.61. The summed E-state index contributed by atoms with van der Waals surface area (Å²) < 4.78 is 37.8. The first kappa shape index (κ1) is 18.4. The van der Waals surface area contributed by atoms with Crippen molar-refractivity contribution in [2.75, 3.05) is 7.11 Å². The van der Waals surface area contributed by atoms with Gasteiger partial charge in [0.15, 0.2) is 0 Å². The molecule has 0 saturated carbocycles. The van der Waals surface area contributed by atoms with Gasteiger partial charge in [-0.15, -0.1) is 0 Å². The molecule has 0 unspecified atom stereocenters. The zero-order valence-electron chi connectivity index (χ0n) is 13.8. The molecule has 25 heavy (non-hydrogen) atoms. The molecule has 0 bridgehead atoms. The molecule has 0 fully saturated rings. The largest absolute Gasteiger partial charge is 0.489 e. The predicted octanol–water partition coefficient (Wildman–Crippen LogP) is 2.74. The highest BCUT2D eigenvalue weighted by Gasteiger charge is 2.07. The van der Waals surface area contributed by atoms with Crippen LogP contribution in [0.4, 0.5) is 8.78 Å². The van der Waals surface area contributed by atoms with Gasteiger partial charge in [0.05, 0.1) is 7.11 Å². The minimum absolute atomic E-state index is 0.128. The number of carbonyl (C=O) groups excluding carboxylic acids is 1. The molecule has 0 N–H and O–H groups in total. The number of halogens is 2. The van der Waals surface area contributed by atoms with Gasteiger partial charge in [0.1, 0.15) is 24.0 Å². The van der Waals surface area contributed by atoms with Crippen molar-refractivity contribution in [3.8, 4) is 5.75 Å². The number of carbonyl (C=O) groups is 1. The van der Waals surface area contributed by atoms with Crippen LogP contribution in [-0.2, 0) is 22.7 Å². The molecule has 0 amide bonds. The van der Waals surface area contributed by atoms with E-state index in [1.807, 2.05) is 0 Å². The number of methoxy groups -OCH3 is 1. The van der Waals surface area contributed by atoms with E-state index < -0.39 is 17.6 Å². The second-order valence-corrected chi connectivity index (χ2v) is 5.23. The summed E-state index contributed by atoms with van der Waals surface area (Å²) in [6.07, 6.45) is 2.74. The molecule has 1 heterocycles. The van der Waals surface area contributed by atoms with Crippen molar-refractivity contribution < 1.29 is 23.0 Å². The van der Waals surface area contributed by atoms with Crippen molar-refractivity contribution >= 4 is 5.97 Å². The van der Waals surface area contributed by atoms with Crippen LogP contribution in [0.15, 0.2) is 47.3 Å². The fourth-order valence-electron chi connectivity index (χ4n) is 2.14. The van der Waals surface area contributed by atoms with E-state index in [9.17, 15) is 18.4 Å². The van der Waals surface area contributed by atoms with Gasteiger partial charge in [-0.1, -0.05) is 6.08 Å². The Balaban J connectivity index is 2.09. The minimum Gasteiger partial charge on any atom is -0.489 e. The maximum absolute atomic E-state index is 13.6. The summed E-state index contributed by atoms with van der Waals surface area (Å²) in [5, 5.41) is 0. The highest BCUT2D eigenvalue weighted by Crippen LogP contribution is 2.15. The first-order valence-electron chi connectivity index (χ1n) is 7.43.